The number of nitrogens with one attached hydrogen (secondary N) is 1. The summed E-state index contributed by atoms with van der Waals surface area (Å²) < 4.78 is 24.7. The zero-order valence-corrected chi connectivity index (χ0v) is 20.1. The zero-order chi connectivity index (χ0) is 25.8. The molecule has 0 unspecified atom stereocenters. The molecule has 3 aromatic carbocycles. The fourth-order valence-electron chi connectivity index (χ4n) is 3.88. The Bertz CT molecular complexity index is 1340. The van der Waals surface area contributed by atoms with Crippen molar-refractivity contribution in [3.63, 3.8) is 0 Å². The highest BCUT2D eigenvalue weighted by molar-refractivity contribution is 6.39. The molecule has 8 heteroatoms. The van der Waals surface area contributed by atoms with E-state index in [0.29, 0.717) is 29.4 Å². The molecular weight excluding hydrogens is 463 g/mol. The van der Waals surface area contributed by atoms with Crippen LogP contribution in [0.25, 0.3) is 6.08 Å². The molecule has 1 aliphatic rings. The van der Waals surface area contributed by atoms with Crippen molar-refractivity contribution in [2.45, 2.75) is 27.4 Å². The van der Waals surface area contributed by atoms with Crippen molar-refractivity contribution >= 4 is 29.6 Å². The summed E-state index contributed by atoms with van der Waals surface area (Å²) in [4.78, 5) is 39.3. The normalized spacial score (nSPS) is 14.7. The molecule has 0 atom stereocenters. The molecule has 7 nitrogen and oxygen atoms in total. The molecule has 0 saturated carbocycles. The van der Waals surface area contributed by atoms with Gasteiger partial charge in [-0.2, -0.15) is 0 Å². The van der Waals surface area contributed by atoms with Crippen molar-refractivity contribution in [2.24, 2.45) is 0 Å². The second-order valence-corrected chi connectivity index (χ2v) is 8.36. The second-order valence-electron chi connectivity index (χ2n) is 8.36. The van der Waals surface area contributed by atoms with E-state index in [1.54, 1.807) is 42.5 Å². The first-order valence-corrected chi connectivity index (χ1v) is 11.4. The van der Waals surface area contributed by atoms with Crippen LogP contribution in [0, 0.1) is 19.7 Å². The molecule has 1 N–H and O–H groups in total. The molecular formula is C28H25FN2O5. The third-order valence-electron chi connectivity index (χ3n) is 5.45. The number of halogens is 1. The quantitative estimate of drug-likeness (QED) is 0.370. The van der Waals surface area contributed by atoms with Crippen molar-refractivity contribution in [1.29, 1.82) is 0 Å². The monoisotopic (exact) mass is 488 g/mol. The Morgan fingerprint density at radius 2 is 1.58 bits per heavy atom. The van der Waals surface area contributed by atoms with E-state index in [1.165, 1.54) is 18.2 Å². The number of amides is 4. The Hall–Kier alpha value is -4.46. The number of hydrogen-bond acceptors (Lipinski definition) is 5. The topological polar surface area (TPSA) is 84.9 Å². The van der Waals surface area contributed by atoms with Crippen LogP contribution in [-0.4, -0.2) is 24.5 Å². The average Bonchev–Trinajstić information content (AvgIpc) is 2.82. The van der Waals surface area contributed by atoms with E-state index < -0.39 is 17.8 Å². The second kappa shape index (κ2) is 10.4. The number of urea groups is 1. The Labute approximate surface area is 208 Å². The first-order chi connectivity index (χ1) is 17.2. The van der Waals surface area contributed by atoms with Gasteiger partial charge in [0.05, 0.1) is 12.3 Å². The van der Waals surface area contributed by atoms with Gasteiger partial charge in [0.15, 0.2) is 11.5 Å². The van der Waals surface area contributed by atoms with Crippen LogP contribution >= 0.6 is 0 Å². The van der Waals surface area contributed by atoms with Crippen LogP contribution in [0.1, 0.15) is 29.2 Å². The molecule has 184 valence electrons. The Morgan fingerprint density at radius 1 is 0.889 bits per heavy atom. The molecule has 1 heterocycles. The van der Waals surface area contributed by atoms with Crippen LogP contribution in [-0.2, 0) is 16.2 Å². The molecule has 4 rings (SSSR count). The maximum Gasteiger partial charge on any atom is 0.335 e. The summed E-state index contributed by atoms with van der Waals surface area (Å²) in [7, 11) is 0. The summed E-state index contributed by atoms with van der Waals surface area (Å²) >= 11 is 0. The van der Waals surface area contributed by atoms with E-state index >= 15 is 0 Å². The Balaban J connectivity index is 1.62. The summed E-state index contributed by atoms with van der Waals surface area (Å²) in [6, 6.07) is 15.5. The Morgan fingerprint density at radius 3 is 2.25 bits per heavy atom. The zero-order valence-electron chi connectivity index (χ0n) is 20.1. The Kier molecular flexibility index (Phi) is 7.15. The lowest BCUT2D eigenvalue weighted by Crippen LogP contribution is -2.54. The van der Waals surface area contributed by atoms with E-state index in [2.05, 4.69) is 5.32 Å². The first kappa shape index (κ1) is 24.7. The molecule has 36 heavy (non-hydrogen) atoms. The number of nitrogens with zero attached hydrogens (tertiary/aromatic N) is 1. The largest absolute Gasteiger partial charge is 0.490 e. The fourth-order valence-corrected chi connectivity index (χ4v) is 3.88. The van der Waals surface area contributed by atoms with Gasteiger partial charge in [-0.05, 0) is 85.5 Å². The van der Waals surface area contributed by atoms with Gasteiger partial charge >= 0.3 is 6.03 Å². The number of anilines is 1. The van der Waals surface area contributed by atoms with Gasteiger partial charge in [-0.15, -0.1) is 0 Å². The lowest BCUT2D eigenvalue weighted by atomic mass is 10.0. The molecule has 3 aromatic rings. The van der Waals surface area contributed by atoms with E-state index in [-0.39, 0.29) is 18.0 Å². The predicted octanol–water partition coefficient (Wildman–Crippen LogP) is 5.09. The third kappa shape index (κ3) is 5.43. The number of imide groups is 2. The number of ether oxygens (including phenoxy) is 2. The van der Waals surface area contributed by atoms with Crippen molar-refractivity contribution < 1.29 is 28.2 Å². The molecule has 0 radical (unpaired) electrons. The summed E-state index contributed by atoms with van der Waals surface area (Å²) in [5.74, 6) is -0.955. The van der Waals surface area contributed by atoms with Gasteiger partial charge in [-0.1, -0.05) is 24.3 Å². The fraction of sp³-hybridized carbons (Fsp3) is 0.179. The minimum atomic E-state index is -0.799. The highest BCUT2D eigenvalue weighted by Crippen LogP contribution is 2.31. The van der Waals surface area contributed by atoms with Gasteiger partial charge in [-0.25, -0.2) is 14.1 Å². The van der Waals surface area contributed by atoms with Gasteiger partial charge in [0.25, 0.3) is 11.8 Å². The molecule has 0 aromatic heterocycles. The maximum atomic E-state index is 13.2. The van der Waals surface area contributed by atoms with Crippen molar-refractivity contribution in [1.82, 2.24) is 5.32 Å². The van der Waals surface area contributed by atoms with Crippen LogP contribution in [0.2, 0.25) is 0 Å². The lowest BCUT2D eigenvalue weighted by Gasteiger charge is -2.27. The number of rotatable bonds is 7. The average molecular weight is 489 g/mol. The van der Waals surface area contributed by atoms with Gasteiger partial charge < -0.3 is 9.47 Å². The van der Waals surface area contributed by atoms with Crippen molar-refractivity contribution in [2.75, 3.05) is 11.5 Å². The molecule has 0 aliphatic carbocycles. The first-order valence-electron chi connectivity index (χ1n) is 11.4. The summed E-state index contributed by atoms with van der Waals surface area (Å²) in [6.07, 6.45) is 1.41. The van der Waals surface area contributed by atoms with E-state index in [9.17, 15) is 18.8 Å². The maximum absolute atomic E-state index is 13.2. The van der Waals surface area contributed by atoms with Gasteiger partial charge in [0, 0.05) is 0 Å². The number of carbonyl (C=O) groups is 3. The van der Waals surface area contributed by atoms with Crippen LogP contribution in [0.3, 0.4) is 0 Å². The smallest absolute Gasteiger partial charge is 0.335 e. The lowest BCUT2D eigenvalue weighted by molar-refractivity contribution is -0.122. The standard InChI is InChI=1S/C28H25FN2O5/c1-4-35-25-15-20(7-10-24(25)36-16-19-5-8-21(29)9-6-19)14-23-26(32)30-28(34)31(27(23)33)22-12-17(2)11-18(3)13-22/h5-15H,4,16H2,1-3H3,(H,30,32,34)/b23-14+. The van der Waals surface area contributed by atoms with Crippen LogP contribution in [0.4, 0.5) is 14.9 Å². The summed E-state index contributed by atoms with van der Waals surface area (Å²) in [5.41, 5.74) is 3.26. The third-order valence-corrected chi connectivity index (χ3v) is 5.45. The van der Waals surface area contributed by atoms with Crippen molar-refractivity contribution in [3.8, 4) is 11.5 Å². The van der Waals surface area contributed by atoms with Crippen LogP contribution < -0.4 is 19.7 Å². The summed E-state index contributed by atoms with van der Waals surface area (Å²) in [6.45, 7) is 6.11. The van der Waals surface area contributed by atoms with Gasteiger partial charge in [0.1, 0.15) is 18.0 Å². The van der Waals surface area contributed by atoms with E-state index in [1.807, 2.05) is 26.8 Å². The highest BCUT2D eigenvalue weighted by Gasteiger charge is 2.37. The number of benzene rings is 3. The molecule has 1 aliphatic heterocycles. The predicted molar refractivity (Wildman–Crippen MR) is 133 cm³/mol. The summed E-state index contributed by atoms with van der Waals surface area (Å²) in [5, 5.41) is 2.24. The highest BCUT2D eigenvalue weighted by atomic mass is 19.1. The molecule has 1 saturated heterocycles. The van der Waals surface area contributed by atoms with Gasteiger partial charge in [0.2, 0.25) is 0 Å². The number of carbonyl (C=O) groups excluding carboxylic acids is 3. The minimum Gasteiger partial charge on any atom is -0.490 e. The van der Waals surface area contributed by atoms with E-state index in [0.717, 1.165) is 21.6 Å². The van der Waals surface area contributed by atoms with Crippen molar-refractivity contribution in [3.05, 3.63) is 94.3 Å². The molecule has 0 spiro atoms. The molecule has 1 fully saturated rings. The van der Waals surface area contributed by atoms with Crippen LogP contribution in [0.15, 0.2) is 66.2 Å². The number of aryl methyl sites for hydroxylation is 2. The minimum absolute atomic E-state index is 0.184. The SMILES string of the molecule is CCOc1cc(/C=C2\C(=O)NC(=O)N(c3cc(C)cc(C)c3)C2=O)ccc1OCc1ccc(F)cc1. The molecule has 0 bridgehead atoms. The number of hydrogen-bond donors (Lipinski definition) is 1. The van der Waals surface area contributed by atoms with Gasteiger partial charge in [-0.3, -0.25) is 14.9 Å². The molecule has 4 amide bonds. The van der Waals surface area contributed by atoms with Crippen LogP contribution in [0.5, 0.6) is 11.5 Å². The van der Waals surface area contributed by atoms with E-state index in [4.69, 9.17) is 9.47 Å². The number of barbiturate groups is 1.